The Balaban J connectivity index is 2.69. The Labute approximate surface area is 106 Å². The summed E-state index contributed by atoms with van der Waals surface area (Å²) in [6.07, 6.45) is 0. The van der Waals surface area contributed by atoms with Gasteiger partial charge in [-0.2, -0.15) is 0 Å². The average Bonchev–Trinajstić information content (AvgIpc) is 2.42. The van der Waals surface area contributed by atoms with Crippen molar-refractivity contribution in [2.45, 2.75) is 5.16 Å². The molecule has 2 aromatic carbocycles. The normalized spacial score (nSPS) is 11.3. The topological polar surface area (TPSA) is 54.4 Å². The molecule has 0 heterocycles. The van der Waals surface area contributed by atoms with Gasteiger partial charge in [0.15, 0.2) is 0 Å². The van der Waals surface area contributed by atoms with E-state index >= 15 is 0 Å². The molecule has 0 saturated heterocycles. The summed E-state index contributed by atoms with van der Waals surface area (Å²) in [5.74, 6) is -1.10. The maximum Gasteiger partial charge on any atom is 0.368 e. The molecule has 3 nitrogen and oxygen atoms in total. The van der Waals surface area contributed by atoms with Gasteiger partial charge in [-0.05, 0) is 0 Å². The van der Waals surface area contributed by atoms with E-state index in [9.17, 15) is 14.5 Å². The number of carboxylic acids is 1. The summed E-state index contributed by atoms with van der Waals surface area (Å²) in [6.45, 7) is 0. The lowest BCUT2D eigenvalue weighted by atomic mass is 9.90. The van der Waals surface area contributed by atoms with Crippen molar-refractivity contribution < 1.29 is 14.5 Å². The Hall–Kier alpha value is -1.99. The molecule has 4 heteroatoms. The second-order valence-corrected chi connectivity index (χ2v) is 4.84. The fourth-order valence-corrected chi connectivity index (χ4v) is 2.61. The van der Waals surface area contributed by atoms with Gasteiger partial charge in [-0.15, -0.1) is 0 Å². The molecule has 1 atom stereocenters. The summed E-state index contributed by atoms with van der Waals surface area (Å²) in [6, 6.07) is 17.3. The van der Waals surface area contributed by atoms with E-state index in [1.54, 1.807) is 60.7 Å². The molecule has 0 aliphatic rings. The minimum Gasteiger partial charge on any atom is -0.477 e. The van der Waals surface area contributed by atoms with Gasteiger partial charge in [0.25, 0.3) is 0 Å². The number of rotatable bonds is 4. The van der Waals surface area contributed by atoms with Gasteiger partial charge >= 0.3 is 19.6 Å². The number of carbonyl (C=O) groups is 1. The summed E-state index contributed by atoms with van der Waals surface area (Å²) < 4.78 is 11.6. The predicted octanol–water partition coefficient (Wildman–Crippen LogP) is 3.04. The highest BCUT2D eigenvalue weighted by Gasteiger charge is 2.51. The molecule has 90 valence electrons. The lowest BCUT2D eigenvalue weighted by Crippen LogP contribution is -2.31. The molecule has 0 aliphatic carbocycles. The first-order valence-electron chi connectivity index (χ1n) is 5.45. The molecule has 18 heavy (non-hydrogen) atoms. The SMILES string of the molecule is O=[PH+]C(C(=O)O)(c1ccccc1)c1ccccc1. The van der Waals surface area contributed by atoms with Gasteiger partial charge in [0.2, 0.25) is 0 Å². The smallest absolute Gasteiger partial charge is 0.368 e. The summed E-state index contributed by atoms with van der Waals surface area (Å²) in [5.41, 5.74) is 1.05. The van der Waals surface area contributed by atoms with Crippen molar-refractivity contribution in [3.8, 4) is 0 Å². The molecule has 0 aliphatic heterocycles. The number of benzene rings is 2. The zero-order valence-corrected chi connectivity index (χ0v) is 10.5. The van der Waals surface area contributed by atoms with E-state index in [2.05, 4.69) is 0 Å². The molecule has 2 aromatic rings. The predicted molar refractivity (Wildman–Crippen MR) is 70.3 cm³/mol. The van der Waals surface area contributed by atoms with Crippen molar-refractivity contribution >= 4 is 14.4 Å². The molecular weight excluding hydrogens is 247 g/mol. The van der Waals surface area contributed by atoms with E-state index in [0.717, 1.165) is 0 Å². The fraction of sp³-hybridized carbons (Fsp3) is 0.0714. The molecule has 0 saturated carbocycles. The Morgan fingerprint density at radius 3 is 1.56 bits per heavy atom. The molecule has 1 N–H and O–H groups in total. The first-order valence-corrected chi connectivity index (χ1v) is 6.36. The summed E-state index contributed by atoms with van der Waals surface area (Å²) >= 11 is 0. The molecule has 0 fully saturated rings. The third kappa shape index (κ3) is 1.93. The molecular formula is C14H12O3P+. The van der Waals surface area contributed by atoms with Crippen LogP contribution in [0.2, 0.25) is 0 Å². The van der Waals surface area contributed by atoms with Crippen LogP contribution in [-0.4, -0.2) is 11.1 Å². The van der Waals surface area contributed by atoms with E-state index in [1.165, 1.54) is 0 Å². The van der Waals surface area contributed by atoms with E-state index in [4.69, 9.17) is 0 Å². The first kappa shape index (κ1) is 12.5. The van der Waals surface area contributed by atoms with Gasteiger partial charge in [0.1, 0.15) is 0 Å². The van der Waals surface area contributed by atoms with Crippen molar-refractivity contribution in [3.63, 3.8) is 0 Å². The van der Waals surface area contributed by atoms with Gasteiger partial charge < -0.3 is 5.11 Å². The molecule has 2 rings (SSSR count). The third-order valence-corrected chi connectivity index (χ3v) is 3.98. The zero-order chi connectivity index (χ0) is 13.0. The van der Waals surface area contributed by atoms with Crippen molar-refractivity contribution in [2.75, 3.05) is 0 Å². The summed E-state index contributed by atoms with van der Waals surface area (Å²) in [7, 11) is -0.995. The second-order valence-electron chi connectivity index (χ2n) is 3.89. The van der Waals surface area contributed by atoms with Crippen LogP contribution >= 0.6 is 8.46 Å². The van der Waals surface area contributed by atoms with E-state index in [1.807, 2.05) is 0 Å². The van der Waals surface area contributed by atoms with Crippen molar-refractivity contribution in [3.05, 3.63) is 71.8 Å². The monoisotopic (exact) mass is 259 g/mol. The van der Waals surface area contributed by atoms with Crippen LogP contribution < -0.4 is 0 Å². The van der Waals surface area contributed by atoms with Gasteiger partial charge in [0.05, 0.1) is 0 Å². The van der Waals surface area contributed by atoms with Crippen LogP contribution in [-0.2, 0) is 14.5 Å². The highest BCUT2D eigenvalue weighted by atomic mass is 31.1. The zero-order valence-electron chi connectivity index (χ0n) is 9.54. The van der Waals surface area contributed by atoms with Crippen molar-refractivity contribution in [2.24, 2.45) is 0 Å². The molecule has 0 aromatic heterocycles. The van der Waals surface area contributed by atoms with Crippen LogP contribution in [0.25, 0.3) is 0 Å². The quantitative estimate of drug-likeness (QED) is 0.858. The minimum absolute atomic E-state index is 0.525. The van der Waals surface area contributed by atoms with Crippen LogP contribution in [0.5, 0.6) is 0 Å². The number of aliphatic carboxylic acids is 1. The summed E-state index contributed by atoms with van der Waals surface area (Å²) in [5, 5.41) is 8.05. The highest BCUT2D eigenvalue weighted by Crippen LogP contribution is 2.42. The van der Waals surface area contributed by atoms with Gasteiger partial charge in [-0.1, -0.05) is 65.2 Å². The third-order valence-electron chi connectivity index (χ3n) is 2.89. The highest BCUT2D eigenvalue weighted by molar-refractivity contribution is 7.27. The standard InChI is InChI=1S/C14H11O3P/c15-13(16)14(18-17,11-7-3-1-4-8-11)12-9-5-2-6-10-12/h1-10H,(H,15,16)/p+1. The minimum atomic E-state index is -1.48. The largest absolute Gasteiger partial charge is 0.477 e. The Morgan fingerprint density at radius 1 is 0.889 bits per heavy atom. The maximum absolute atomic E-state index is 11.7. The number of hydrogen-bond acceptors (Lipinski definition) is 2. The van der Waals surface area contributed by atoms with E-state index in [-0.39, 0.29) is 0 Å². The fourth-order valence-electron chi connectivity index (χ4n) is 1.95. The maximum atomic E-state index is 11.7. The molecule has 0 spiro atoms. The van der Waals surface area contributed by atoms with Crippen molar-refractivity contribution in [1.29, 1.82) is 0 Å². The van der Waals surface area contributed by atoms with E-state index in [0.29, 0.717) is 11.1 Å². The van der Waals surface area contributed by atoms with Crippen LogP contribution in [0.3, 0.4) is 0 Å². The van der Waals surface area contributed by atoms with Crippen molar-refractivity contribution in [1.82, 2.24) is 0 Å². The molecule has 0 bridgehead atoms. The number of hydrogen-bond donors (Lipinski definition) is 1. The molecule has 1 unspecified atom stereocenters. The average molecular weight is 259 g/mol. The number of carboxylic acid groups (broad SMARTS) is 1. The van der Waals surface area contributed by atoms with Crippen LogP contribution in [0.15, 0.2) is 60.7 Å². The van der Waals surface area contributed by atoms with Gasteiger partial charge in [0, 0.05) is 11.1 Å². The lowest BCUT2D eigenvalue weighted by Gasteiger charge is -2.17. The Kier molecular flexibility index (Phi) is 3.54. The molecule has 0 amide bonds. The lowest BCUT2D eigenvalue weighted by molar-refractivity contribution is -0.139. The summed E-state index contributed by atoms with van der Waals surface area (Å²) in [4.78, 5) is 11.7. The van der Waals surface area contributed by atoms with Gasteiger partial charge in [-0.25, -0.2) is 4.79 Å². The molecule has 0 radical (unpaired) electrons. The van der Waals surface area contributed by atoms with Crippen LogP contribution in [0, 0.1) is 0 Å². The van der Waals surface area contributed by atoms with Crippen LogP contribution in [0.1, 0.15) is 11.1 Å². The second kappa shape index (κ2) is 5.11. The van der Waals surface area contributed by atoms with Gasteiger partial charge in [-0.3, -0.25) is 0 Å². The van der Waals surface area contributed by atoms with E-state index < -0.39 is 19.6 Å². The Bertz CT molecular complexity index is 512. The van der Waals surface area contributed by atoms with Crippen LogP contribution in [0.4, 0.5) is 0 Å². The Morgan fingerprint density at radius 2 is 1.28 bits per heavy atom. The first-order chi connectivity index (χ1) is 8.71.